The van der Waals surface area contributed by atoms with Crippen LogP contribution in [0.3, 0.4) is 0 Å². The van der Waals surface area contributed by atoms with Crippen molar-refractivity contribution >= 4 is 16.9 Å². The second-order valence-corrected chi connectivity index (χ2v) is 6.48. The lowest BCUT2D eigenvalue weighted by Gasteiger charge is -2.31. The lowest BCUT2D eigenvalue weighted by Crippen LogP contribution is -2.25. The molecule has 0 amide bonds. The predicted molar refractivity (Wildman–Crippen MR) is 87.4 cm³/mol. The summed E-state index contributed by atoms with van der Waals surface area (Å²) in [6.45, 7) is -0.254. The Morgan fingerprint density at radius 2 is 2.13 bits per heavy atom. The van der Waals surface area contributed by atoms with Crippen molar-refractivity contribution in [2.45, 2.75) is 44.1 Å². The first kappa shape index (κ1) is 16.0. The Morgan fingerprint density at radius 1 is 1.35 bits per heavy atom. The van der Waals surface area contributed by atoms with Crippen LogP contribution in [-0.4, -0.2) is 39.0 Å². The molecule has 1 aromatic heterocycles. The third kappa shape index (κ3) is 3.26. The number of carboxylic acids is 1. The average Bonchev–Trinajstić information content (AvgIpc) is 2.91. The number of fused-ring (bicyclic) bond motifs is 3. The van der Waals surface area contributed by atoms with Crippen LogP contribution in [0.4, 0.5) is 0 Å². The maximum atomic E-state index is 11.2. The number of carboxylic acid groups (broad SMARTS) is 1. The minimum atomic E-state index is -0.776. The van der Waals surface area contributed by atoms with E-state index < -0.39 is 12.1 Å². The molecule has 0 bridgehead atoms. The fourth-order valence-corrected chi connectivity index (χ4v) is 3.89. The van der Waals surface area contributed by atoms with Gasteiger partial charge in [-0.05, 0) is 43.2 Å². The highest BCUT2D eigenvalue weighted by Crippen LogP contribution is 2.43. The lowest BCUT2D eigenvalue weighted by atomic mass is 9.74. The number of carbonyl (C=O) groups is 1. The van der Waals surface area contributed by atoms with Crippen LogP contribution in [0.15, 0.2) is 24.3 Å². The predicted octanol–water partition coefficient (Wildman–Crippen LogP) is 2.42. The number of benzene rings is 1. The van der Waals surface area contributed by atoms with Crippen LogP contribution in [0.25, 0.3) is 10.9 Å². The molecule has 1 heterocycles. The van der Waals surface area contributed by atoms with Crippen molar-refractivity contribution in [2.24, 2.45) is 5.92 Å². The van der Waals surface area contributed by atoms with Crippen LogP contribution in [0.2, 0.25) is 0 Å². The van der Waals surface area contributed by atoms with Gasteiger partial charge in [-0.1, -0.05) is 18.2 Å². The molecule has 3 atom stereocenters. The number of H-pyrrole nitrogens is 1. The summed E-state index contributed by atoms with van der Waals surface area (Å²) < 4.78 is 0. The van der Waals surface area contributed by atoms with Gasteiger partial charge in [0, 0.05) is 28.9 Å². The average molecular weight is 317 g/mol. The number of aryl methyl sites for hydroxylation is 1. The molecule has 0 radical (unpaired) electrons. The van der Waals surface area contributed by atoms with Gasteiger partial charge in [0.1, 0.15) is 0 Å². The SMILES string of the molecule is O=C(O)CC1CCc2c([nH]c3ccccc23)C1CCC(O)CO. The lowest BCUT2D eigenvalue weighted by molar-refractivity contribution is -0.138. The molecular weight excluding hydrogens is 294 g/mol. The molecule has 124 valence electrons. The Labute approximate surface area is 135 Å². The van der Waals surface area contributed by atoms with E-state index in [0.717, 1.165) is 24.1 Å². The van der Waals surface area contributed by atoms with E-state index in [4.69, 9.17) is 5.11 Å². The molecular formula is C18H23NO4. The monoisotopic (exact) mass is 317 g/mol. The number of aliphatic carboxylic acids is 1. The van der Waals surface area contributed by atoms with Gasteiger partial charge in [-0.25, -0.2) is 0 Å². The zero-order valence-corrected chi connectivity index (χ0v) is 13.0. The molecule has 23 heavy (non-hydrogen) atoms. The largest absolute Gasteiger partial charge is 0.481 e. The molecule has 1 aromatic carbocycles. The molecule has 0 spiro atoms. The van der Waals surface area contributed by atoms with Gasteiger partial charge in [0.15, 0.2) is 0 Å². The molecule has 0 saturated carbocycles. The summed E-state index contributed by atoms with van der Waals surface area (Å²) in [6, 6.07) is 8.15. The highest BCUT2D eigenvalue weighted by molar-refractivity contribution is 5.85. The highest BCUT2D eigenvalue weighted by atomic mass is 16.4. The normalized spacial score (nSPS) is 22.0. The van der Waals surface area contributed by atoms with E-state index in [1.807, 2.05) is 18.2 Å². The number of rotatable bonds is 6. The number of aromatic amines is 1. The topological polar surface area (TPSA) is 93.5 Å². The Hall–Kier alpha value is -1.85. The van der Waals surface area contributed by atoms with Crippen molar-refractivity contribution < 1.29 is 20.1 Å². The van der Waals surface area contributed by atoms with Gasteiger partial charge in [0.05, 0.1) is 12.7 Å². The summed E-state index contributed by atoms with van der Waals surface area (Å²) in [5.74, 6) is -0.621. The maximum Gasteiger partial charge on any atom is 0.303 e. The standard InChI is InChI=1S/C18H23NO4/c20-10-12(21)6-8-13-11(9-17(22)23)5-7-15-14-3-1-2-4-16(14)19-18(13)15/h1-4,11-13,19-21H,5-10H2,(H,22,23). The Kier molecular flexibility index (Phi) is 4.68. The van der Waals surface area contributed by atoms with E-state index in [-0.39, 0.29) is 24.9 Å². The first-order chi connectivity index (χ1) is 11.1. The molecule has 0 aliphatic heterocycles. The van der Waals surface area contributed by atoms with Crippen molar-refractivity contribution in [1.82, 2.24) is 4.98 Å². The van der Waals surface area contributed by atoms with E-state index in [0.29, 0.717) is 12.8 Å². The van der Waals surface area contributed by atoms with Gasteiger partial charge < -0.3 is 20.3 Å². The quantitative estimate of drug-likeness (QED) is 0.658. The summed E-state index contributed by atoms with van der Waals surface area (Å²) in [5, 5.41) is 29.1. The molecule has 2 aromatic rings. The second kappa shape index (κ2) is 6.72. The molecule has 5 heteroatoms. The third-order valence-corrected chi connectivity index (χ3v) is 5.01. The summed E-state index contributed by atoms with van der Waals surface area (Å²) in [4.78, 5) is 14.7. The number of aromatic nitrogens is 1. The molecule has 4 N–H and O–H groups in total. The van der Waals surface area contributed by atoms with E-state index >= 15 is 0 Å². The van der Waals surface area contributed by atoms with Crippen molar-refractivity contribution in [3.8, 4) is 0 Å². The van der Waals surface area contributed by atoms with Crippen LogP contribution in [0.5, 0.6) is 0 Å². The maximum absolute atomic E-state index is 11.2. The van der Waals surface area contributed by atoms with Crippen molar-refractivity contribution in [2.75, 3.05) is 6.61 Å². The van der Waals surface area contributed by atoms with E-state index in [9.17, 15) is 15.0 Å². The van der Waals surface area contributed by atoms with E-state index in [1.54, 1.807) is 0 Å². The number of para-hydroxylation sites is 1. The molecule has 1 aliphatic carbocycles. The van der Waals surface area contributed by atoms with Gasteiger partial charge in [-0.2, -0.15) is 0 Å². The van der Waals surface area contributed by atoms with E-state index in [2.05, 4.69) is 11.1 Å². The zero-order valence-electron chi connectivity index (χ0n) is 13.0. The minimum Gasteiger partial charge on any atom is -0.481 e. The summed E-state index contributed by atoms with van der Waals surface area (Å²) in [6.07, 6.45) is 2.30. The molecule has 0 fully saturated rings. The molecule has 3 rings (SSSR count). The Bertz CT molecular complexity index is 693. The fourth-order valence-electron chi connectivity index (χ4n) is 3.89. The van der Waals surface area contributed by atoms with Crippen LogP contribution in [0, 0.1) is 5.92 Å². The molecule has 0 saturated heterocycles. The summed E-state index contributed by atoms with van der Waals surface area (Å²) in [5.41, 5.74) is 3.49. The first-order valence-corrected chi connectivity index (χ1v) is 8.20. The molecule has 3 unspecified atom stereocenters. The highest BCUT2D eigenvalue weighted by Gasteiger charge is 2.33. The van der Waals surface area contributed by atoms with Gasteiger partial charge in [-0.15, -0.1) is 0 Å². The van der Waals surface area contributed by atoms with Gasteiger partial charge in [0.2, 0.25) is 0 Å². The molecule has 1 aliphatic rings. The number of hydrogen-bond donors (Lipinski definition) is 4. The van der Waals surface area contributed by atoms with Crippen molar-refractivity contribution in [3.05, 3.63) is 35.5 Å². The molecule has 5 nitrogen and oxygen atoms in total. The van der Waals surface area contributed by atoms with Crippen molar-refractivity contribution in [1.29, 1.82) is 0 Å². The van der Waals surface area contributed by atoms with Crippen molar-refractivity contribution in [3.63, 3.8) is 0 Å². The fraction of sp³-hybridized carbons (Fsp3) is 0.500. The van der Waals surface area contributed by atoms with Gasteiger partial charge >= 0.3 is 5.97 Å². The summed E-state index contributed by atoms with van der Waals surface area (Å²) in [7, 11) is 0. The van der Waals surface area contributed by atoms with Crippen LogP contribution < -0.4 is 0 Å². The third-order valence-electron chi connectivity index (χ3n) is 5.01. The van der Waals surface area contributed by atoms with Gasteiger partial charge in [0.25, 0.3) is 0 Å². The number of hydrogen-bond acceptors (Lipinski definition) is 3. The van der Waals surface area contributed by atoms with Crippen LogP contribution in [0.1, 0.15) is 42.9 Å². The van der Waals surface area contributed by atoms with Gasteiger partial charge in [-0.3, -0.25) is 4.79 Å². The second-order valence-electron chi connectivity index (χ2n) is 6.48. The zero-order chi connectivity index (χ0) is 16.4. The number of aliphatic hydroxyl groups excluding tert-OH is 2. The summed E-state index contributed by atoms with van der Waals surface area (Å²) >= 11 is 0. The number of nitrogens with one attached hydrogen (secondary N) is 1. The van der Waals surface area contributed by atoms with E-state index in [1.165, 1.54) is 10.9 Å². The Balaban J connectivity index is 1.93. The first-order valence-electron chi connectivity index (χ1n) is 8.20. The van der Waals surface area contributed by atoms with Crippen LogP contribution in [-0.2, 0) is 11.2 Å². The minimum absolute atomic E-state index is 0.0685. The van der Waals surface area contributed by atoms with Crippen LogP contribution >= 0.6 is 0 Å². The Morgan fingerprint density at radius 3 is 2.87 bits per heavy atom. The smallest absolute Gasteiger partial charge is 0.303 e. The number of aliphatic hydroxyl groups is 2.